The Balaban J connectivity index is 3.13. The lowest BCUT2D eigenvalue weighted by Crippen LogP contribution is -2.29. The van der Waals surface area contributed by atoms with Crippen LogP contribution in [0.15, 0.2) is 0 Å². The Morgan fingerprint density at radius 3 is 2.73 bits per heavy atom. The normalized spacial score (nSPS) is 12.7. The predicted octanol–water partition coefficient (Wildman–Crippen LogP) is 0.492. The van der Waals surface area contributed by atoms with Crippen LogP contribution in [0.2, 0.25) is 0 Å². The number of nitrogens with one attached hydrogen (secondary N) is 1. The van der Waals surface area contributed by atoms with Gasteiger partial charge in [-0.2, -0.15) is 0 Å². The number of carbonyl (C=O) groups is 1. The fourth-order valence-corrected chi connectivity index (χ4v) is 1.10. The van der Waals surface area contributed by atoms with Gasteiger partial charge in [-0.3, -0.25) is 4.79 Å². The third-order valence-corrected chi connectivity index (χ3v) is 1.87. The number of ether oxygens (including phenoxy) is 2. The smallest absolute Gasteiger partial charge is 0.304 e. The van der Waals surface area contributed by atoms with Crippen molar-refractivity contribution >= 4 is 5.97 Å². The van der Waals surface area contributed by atoms with E-state index in [9.17, 15) is 4.79 Å². The lowest BCUT2D eigenvalue weighted by atomic mass is 10.2. The van der Waals surface area contributed by atoms with Crippen LogP contribution in [0.5, 0.6) is 0 Å². The molecule has 1 atom stereocenters. The van der Waals surface area contributed by atoms with Crippen LogP contribution in [-0.4, -0.2) is 50.6 Å². The SMILES string of the molecule is COCCOCCCNC(C)CC(=O)O. The second-order valence-electron chi connectivity index (χ2n) is 3.41. The summed E-state index contributed by atoms with van der Waals surface area (Å²) in [6.45, 7) is 4.54. The number of hydrogen-bond donors (Lipinski definition) is 2. The summed E-state index contributed by atoms with van der Waals surface area (Å²) in [7, 11) is 1.64. The van der Waals surface area contributed by atoms with Gasteiger partial charge in [0.2, 0.25) is 0 Å². The molecule has 0 spiro atoms. The van der Waals surface area contributed by atoms with Crippen LogP contribution in [0.1, 0.15) is 19.8 Å². The Bertz CT molecular complexity index is 164. The number of rotatable bonds is 10. The van der Waals surface area contributed by atoms with Crippen LogP contribution >= 0.6 is 0 Å². The fraction of sp³-hybridized carbons (Fsp3) is 0.900. The molecule has 0 saturated carbocycles. The van der Waals surface area contributed by atoms with Crippen molar-refractivity contribution in [1.82, 2.24) is 5.32 Å². The predicted molar refractivity (Wildman–Crippen MR) is 57.0 cm³/mol. The second kappa shape index (κ2) is 9.89. The molecule has 0 saturated heterocycles. The first-order valence-electron chi connectivity index (χ1n) is 5.18. The highest BCUT2D eigenvalue weighted by Crippen LogP contribution is 1.90. The van der Waals surface area contributed by atoms with Gasteiger partial charge < -0.3 is 19.9 Å². The van der Waals surface area contributed by atoms with Gasteiger partial charge in [0, 0.05) is 19.8 Å². The minimum Gasteiger partial charge on any atom is -0.481 e. The first-order valence-corrected chi connectivity index (χ1v) is 5.18. The van der Waals surface area contributed by atoms with Crippen LogP contribution in [0.3, 0.4) is 0 Å². The van der Waals surface area contributed by atoms with E-state index in [0.29, 0.717) is 19.8 Å². The first-order chi connectivity index (χ1) is 7.16. The lowest BCUT2D eigenvalue weighted by Gasteiger charge is -2.11. The lowest BCUT2D eigenvalue weighted by molar-refractivity contribution is -0.137. The molecular weight excluding hydrogens is 198 g/mol. The second-order valence-corrected chi connectivity index (χ2v) is 3.41. The fourth-order valence-electron chi connectivity index (χ4n) is 1.10. The van der Waals surface area contributed by atoms with E-state index in [0.717, 1.165) is 13.0 Å². The van der Waals surface area contributed by atoms with Gasteiger partial charge in [-0.15, -0.1) is 0 Å². The third kappa shape index (κ3) is 11.3. The van der Waals surface area contributed by atoms with Crippen molar-refractivity contribution in [3.05, 3.63) is 0 Å². The average molecular weight is 219 g/mol. The van der Waals surface area contributed by atoms with E-state index < -0.39 is 5.97 Å². The van der Waals surface area contributed by atoms with E-state index in [1.807, 2.05) is 6.92 Å². The molecule has 0 aliphatic rings. The van der Waals surface area contributed by atoms with E-state index in [1.54, 1.807) is 7.11 Å². The molecular formula is C10H21NO4. The van der Waals surface area contributed by atoms with Gasteiger partial charge in [-0.05, 0) is 19.9 Å². The highest BCUT2D eigenvalue weighted by molar-refractivity contribution is 5.67. The highest BCUT2D eigenvalue weighted by atomic mass is 16.5. The molecule has 0 amide bonds. The Labute approximate surface area is 90.8 Å². The zero-order valence-electron chi connectivity index (χ0n) is 9.49. The number of aliphatic carboxylic acids is 1. The van der Waals surface area contributed by atoms with Gasteiger partial charge in [-0.25, -0.2) is 0 Å². The van der Waals surface area contributed by atoms with Crippen LogP contribution in [0.4, 0.5) is 0 Å². The average Bonchev–Trinajstić information content (AvgIpc) is 2.15. The maximum Gasteiger partial charge on any atom is 0.304 e. The molecule has 0 aliphatic heterocycles. The Morgan fingerprint density at radius 2 is 2.13 bits per heavy atom. The molecule has 0 aromatic rings. The largest absolute Gasteiger partial charge is 0.481 e. The summed E-state index contributed by atoms with van der Waals surface area (Å²) in [6, 6.07) is 0.0153. The first kappa shape index (κ1) is 14.3. The van der Waals surface area contributed by atoms with E-state index in [1.165, 1.54) is 0 Å². The van der Waals surface area contributed by atoms with Crippen molar-refractivity contribution in [3.8, 4) is 0 Å². The molecule has 2 N–H and O–H groups in total. The van der Waals surface area contributed by atoms with Gasteiger partial charge in [-0.1, -0.05) is 0 Å². The molecule has 1 unspecified atom stereocenters. The van der Waals surface area contributed by atoms with Crippen LogP contribution in [0, 0.1) is 0 Å². The molecule has 5 heteroatoms. The van der Waals surface area contributed by atoms with Crippen molar-refractivity contribution in [2.24, 2.45) is 0 Å². The van der Waals surface area contributed by atoms with Gasteiger partial charge in [0.15, 0.2) is 0 Å². The monoisotopic (exact) mass is 219 g/mol. The number of carboxylic acid groups (broad SMARTS) is 1. The van der Waals surface area contributed by atoms with Gasteiger partial charge in [0.25, 0.3) is 0 Å². The van der Waals surface area contributed by atoms with Crippen molar-refractivity contribution < 1.29 is 19.4 Å². The molecule has 0 aliphatic carbocycles. The summed E-state index contributed by atoms with van der Waals surface area (Å²) in [5.41, 5.74) is 0. The number of hydrogen-bond acceptors (Lipinski definition) is 4. The van der Waals surface area contributed by atoms with E-state index in [2.05, 4.69) is 5.32 Å². The summed E-state index contributed by atoms with van der Waals surface area (Å²) in [5, 5.41) is 11.6. The van der Waals surface area contributed by atoms with Gasteiger partial charge in [0.1, 0.15) is 0 Å². The Morgan fingerprint density at radius 1 is 1.40 bits per heavy atom. The molecule has 15 heavy (non-hydrogen) atoms. The van der Waals surface area contributed by atoms with Gasteiger partial charge in [0.05, 0.1) is 19.6 Å². The summed E-state index contributed by atoms with van der Waals surface area (Å²) in [4.78, 5) is 10.3. The van der Waals surface area contributed by atoms with E-state index in [4.69, 9.17) is 14.6 Å². The zero-order valence-corrected chi connectivity index (χ0v) is 9.49. The quantitative estimate of drug-likeness (QED) is 0.523. The van der Waals surface area contributed by atoms with E-state index in [-0.39, 0.29) is 12.5 Å². The summed E-state index contributed by atoms with van der Waals surface area (Å²) in [6.07, 6.45) is 1.04. The molecule has 0 aromatic carbocycles. The molecule has 0 bridgehead atoms. The minimum atomic E-state index is -0.772. The molecule has 0 fully saturated rings. The molecule has 90 valence electrons. The van der Waals surface area contributed by atoms with Crippen LogP contribution < -0.4 is 5.32 Å². The van der Waals surface area contributed by atoms with Crippen molar-refractivity contribution in [3.63, 3.8) is 0 Å². The number of carboxylic acids is 1. The minimum absolute atomic E-state index is 0.0153. The maximum atomic E-state index is 10.3. The van der Waals surface area contributed by atoms with Crippen LogP contribution in [0.25, 0.3) is 0 Å². The molecule has 0 radical (unpaired) electrons. The van der Waals surface area contributed by atoms with Crippen LogP contribution in [-0.2, 0) is 14.3 Å². The summed E-state index contributed by atoms with van der Waals surface area (Å²) in [5.74, 6) is -0.772. The third-order valence-electron chi connectivity index (χ3n) is 1.87. The highest BCUT2D eigenvalue weighted by Gasteiger charge is 2.05. The molecule has 0 rings (SSSR count). The Hall–Kier alpha value is -0.650. The van der Waals surface area contributed by atoms with Crippen molar-refractivity contribution in [2.75, 3.05) is 33.5 Å². The summed E-state index contributed by atoms with van der Waals surface area (Å²) >= 11 is 0. The van der Waals surface area contributed by atoms with Crippen molar-refractivity contribution in [1.29, 1.82) is 0 Å². The zero-order chi connectivity index (χ0) is 11.5. The topological polar surface area (TPSA) is 67.8 Å². The van der Waals surface area contributed by atoms with Crippen molar-refractivity contribution in [2.45, 2.75) is 25.8 Å². The van der Waals surface area contributed by atoms with E-state index >= 15 is 0 Å². The standard InChI is InChI=1S/C10H21NO4/c1-9(8-10(12)13)11-4-3-5-15-7-6-14-2/h9,11H,3-8H2,1-2H3,(H,12,13). The number of methoxy groups -OCH3 is 1. The molecule has 5 nitrogen and oxygen atoms in total. The molecule has 0 heterocycles. The van der Waals surface area contributed by atoms with Gasteiger partial charge >= 0.3 is 5.97 Å². The summed E-state index contributed by atoms with van der Waals surface area (Å²) < 4.78 is 10.1. The molecule has 0 aromatic heterocycles. The Kier molecular flexibility index (Phi) is 9.46. The maximum absolute atomic E-state index is 10.3.